The first kappa shape index (κ1) is 24.3. The van der Waals surface area contributed by atoms with E-state index in [1.165, 1.54) is 0 Å². The number of hydrogen-bond donors (Lipinski definition) is 1. The van der Waals surface area contributed by atoms with E-state index in [2.05, 4.69) is 29.2 Å². The second kappa shape index (κ2) is 10.7. The Bertz CT molecular complexity index is 1300. The molecule has 0 saturated carbocycles. The maximum Gasteiger partial charge on any atom is 0.130 e. The number of alkyl halides is 1. The van der Waals surface area contributed by atoms with Crippen molar-refractivity contribution in [1.82, 2.24) is 4.90 Å². The molecule has 1 heterocycles. The van der Waals surface area contributed by atoms with Crippen molar-refractivity contribution >= 4 is 22.9 Å². The Morgan fingerprint density at radius 3 is 2.61 bits per heavy atom. The van der Waals surface area contributed by atoms with E-state index in [4.69, 9.17) is 10.5 Å². The lowest BCUT2D eigenvalue weighted by atomic mass is 9.87. The molecule has 2 N–H and O–H groups in total. The van der Waals surface area contributed by atoms with Gasteiger partial charge in [0.15, 0.2) is 0 Å². The molecule has 2 aliphatic rings. The van der Waals surface area contributed by atoms with Gasteiger partial charge in [0.2, 0.25) is 0 Å². The lowest BCUT2D eigenvalue weighted by Gasteiger charge is -2.19. The number of benzene rings is 3. The Labute approximate surface area is 211 Å². The van der Waals surface area contributed by atoms with E-state index in [1.54, 1.807) is 6.07 Å². The van der Waals surface area contributed by atoms with E-state index < -0.39 is 0 Å². The van der Waals surface area contributed by atoms with Gasteiger partial charge in [-0.2, -0.15) is 0 Å². The summed E-state index contributed by atoms with van der Waals surface area (Å²) in [6.07, 6.45) is 6.37. The average Bonchev–Trinajstić information content (AvgIpc) is 3.22. The summed E-state index contributed by atoms with van der Waals surface area (Å²) < 4.78 is 33.9. The third-order valence-electron chi connectivity index (χ3n) is 7.00. The van der Waals surface area contributed by atoms with Crippen LogP contribution < -0.4 is 10.5 Å². The smallest absolute Gasteiger partial charge is 0.130 e. The van der Waals surface area contributed by atoms with Crippen molar-refractivity contribution in [3.8, 4) is 5.75 Å². The predicted molar refractivity (Wildman–Crippen MR) is 144 cm³/mol. The van der Waals surface area contributed by atoms with Gasteiger partial charge in [-0.05, 0) is 89.9 Å². The van der Waals surface area contributed by atoms with Crippen LogP contribution >= 0.6 is 0 Å². The van der Waals surface area contributed by atoms with Gasteiger partial charge in [-0.1, -0.05) is 42.5 Å². The second-order valence-corrected chi connectivity index (χ2v) is 9.69. The normalized spacial score (nSPS) is 17.8. The van der Waals surface area contributed by atoms with Crippen molar-refractivity contribution in [1.29, 1.82) is 0 Å². The number of nitrogen functional groups attached to an aromatic ring is 1. The Kier molecular flexibility index (Phi) is 7.19. The topological polar surface area (TPSA) is 38.5 Å². The number of hydrogen-bond acceptors (Lipinski definition) is 3. The number of ether oxygens (including phenoxy) is 1. The van der Waals surface area contributed by atoms with Crippen LogP contribution in [0.1, 0.15) is 47.1 Å². The molecule has 3 nitrogen and oxygen atoms in total. The lowest BCUT2D eigenvalue weighted by Crippen LogP contribution is -2.26. The van der Waals surface area contributed by atoms with E-state index in [1.807, 2.05) is 49.4 Å². The van der Waals surface area contributed by atoms with Crippen molar-refractivity contribution in [2.45, 2.75) is 32.3 Å². The fraction of sp³-hybridized carbons (Fsp3) is 0.290. The summed E-state index contributed by atoms with van der Waals surface area (Å²) in [7, 11) is 0. The molecule has 36 heavy (non-hydrogen) atoms. The molecule has 1 aliphatic heterocycles. The zero-order valence-corrected chi connectivity index (χ0v) is 20.6. The molecule has 0 aromatic heterocycles. The molecule has 0 spiro atoms. The number of aryl methyl sites for hydroxylation is 1. The summed E-state index contributed by atoms with van der Waals surface area (Å²) in [6.45, 7) is 4.16. The van der Waals surface area contributed by atoms with Gasteiger partial charge in [0.1, 0.15) is 17.7 Å². The first-order chi connectivity index (χ1) is 17.5. The van der Waals surface area contributed by atoms with Crippen molar-refractivity contribution < 1.29 is 13.5 Å². The summed E-state index contributed by atoms with van der Waals surface area (Å²) in [6, 6.07) is 19.4. The second-order valence-electron chi connectivity index (χ2n) is 9.69. The van der Waals surface area contributed by atoms with Gasteiger partial charge >= 0.3 is 0 Å². The molecular formula is C31H32F2N2O. The standard InChI is InChI=1S/C31H32F2N2O/c1-21-6-12-28(30(33)18-21)29-5-2-4-23-19-24(34)9-13-27(23)31(29)22-7-10-25(11-8-22)36-26-14-17-35(20-26)16-3-15-32/h2,4,6-13,18-19,26H,3,5,14-17,20,34H2,1H3. The highest BCUT2D eigenvalue weighted by Gasteiger charge is 2.24. The lowest BCUT2D eigenvalue weighted by molar-refractivity contribution is 0.198. The van der Waals surface area contributed by atoms with Crippen molar-refractivity contribution in [2.75, 3.05) is 32.0 Å². The monoisotopic (exact) mass is 486 g/mol. The highest BCUT2D eigenvalue weighted by atomic mass is 19.1. The molecule has 3 aromatic rings. The minimum Gasteiger partial charge on any atom is -0.489 e. The molecule has 0 amide bonds. The predicted octanol–water partition coefficient (Wildman–Crippen LogP) is 6.91. The van der Waals surface area contributed by atoms with E-state index in [0.29, 0.717) is 24.1 Å². The third-order valence-corrected chi connectivity index (χ3v) is 7.00. The van der Waals surface area contributed by atoms with E-state index in [0.717, 1.165) is 65.2 Å². The number of fused-ring (bicyclic) bond motifs is 1. The average molecular weight is 487 g/mol. The van der Waals surface area contributed by atoms with Crippen LogP contribution in [-0.2, 0) is 0 Å². The molecule has 1 fully saturated rings. The third kappa shape index (κ3) is 5.21. The van der Waals surface area contributed by atoms with Crippen LogP contribution in [0.2, 0.25) is 0 Å². The number of rotatable bonds is 7. The number of nitrogens with zero attached hydrogens (tertiary/aromatic N) is 1. The van der Waals surface area contributed by atoms with Gasteiger partial charge in [-0.15, -0.1) is 0 Å². The van der Waals surface area contributed by atoms with Crippen molar-refractivity contribution in [2.24, 2.45) is 0 Å². The highest BCUT2D eigenvalue weighted by molar-refractivity contribution is 6.02. The number of nitrogens with two attached hydrogens (primary N) is 1. The van der Waals surface area contributed by atoms with E-state index >= 15 is 4.39 Å². The first-order valence-electron chi connectivity index (χ1n) is 12.6. The van der Waals surface area contributed by atoms with Crippen LogP contribution in [0.5, 0.6) is 5.75 Å². The summed E-state index contributed by atoms with van der Waals surface area (Å²) in [5.41, 5.74) is 13.3. The molecule has 1 saturated heterocycles. The number of anilines is 1. The molecule has 0 radical (unpaired) electrons. The summed E-state index contributed by atoms with van der Waals surface area (Å²) in [5.74, 6) is 0.595. The molecule has 1 atom stereocenters. The van der Waals surface area contributed by atoms with Gasteiger partial charge in [-0.3, -0.25) is 9.29 Å². The molecule has 5 rings (SSSR count). The maximum absolute atomic E-state index is 15.2. The van der Waals surface area contributed by atoms with Crippen LogP contribution in [0.3, 0.4) is 0 Å². The van der Waals surface area contributed by atoms with E-state index in [-0.39, 0.29) is 18.6 Å². The Balaban J connectivity index is 1.49. The van der Waals surface area contributed by atoms with Crippen LogP contribution in [0.15, 0.2) is 66.7 Å². The maximum atomic E-state index is 15.2. The van der Waals surface area contributed by atoms with Crippen LogP contribution in [0.4, 0.5) is 14.5 Å². The Morgan fingerprint density at radius 1 is 1.03 bits per heavy atom. The molecule has 1 unspecified atom stereocenters. The van der Waals surface area contributed by atoms with Crippen LogP contribution in [-0.4, -0.2) is 37.3 Å². The van der Waals surface area contributed by atoms with Crippen molar-refractivity contribution in [3.63, 3.8) is 0 Å². The SMILES string of the molecule is Cc1ccc(C2=C(c3ccc(OC4CCN(CCCF)C4)cc3)c3ccc(N)cc3C=CC2)c(F)c1. The molecule has 5 heteroatoms. The van der Waals surface area contributed by atoms with Gasteiger partial charge < -0.3 is 10.5 Å². The fourth-order valence-corrected chi connectivity index (χ4v) is 5.23. The zero-order chi connectivity index (χ0) is 25.1. The molecule has 186 valence electrons. The Hall–Kier alpha value is -3.44. The number of halogens is 2. The quantitative estimate of drug-likeness (QED) is 0.369. The van der Waals surface area contributed by atoms with Gasteiger partial charge in [0.25, 0.3) is 0 Å². The molecular weight excluding hydrogens is 454 g/mol. The van der Waals surface area contributed by atoms with Crippen LogP contribution in [0, 0.1) is 12.7 Å². The fourth-order valence-electron chi connectivity index (χ4n) is 5.23. The molecule has 0 bridgehead atoms. The summed E-state index contributed by atoms with van der Waals surface area (Å²) in [4.78, 5) is 2.26. The minimum atomic E-state index is -0.279. The van der Waals surface area contributed by atoms with Crippen molar-refractivity contribution in [3.05, 3.63) is 100 Å². The van der Waals surface area contributed by atoms with Crippen LogP contribution in [0.25, 0.3) is 17.2 Å². The molecule has 1 aliphatic carbocycles. The minimum absolute atomic E-state index is 0.109. The summed E-state index contributed by atoms with van der Waals surface area (Å²) in [5, 5.41) is 0. The first-order valence-corrected chi connectivity index (χ1v) is 12.6. The Morgan fingerprint density at radius 2 is 1.83 bits per heavy atom. The van der Waals surface area contributed by atoms with Gasteiger partial charge in [0, 0.05) is 30.9 Å². The molecule has 3 aromatic carbocycles. The van der Waals surface area contributed by atoms with E-state index in [9.17, 15) is 4.39 Å². The van der Waals surface area contributed by atoms with Gasteiger partial charge in [0.05, 0.1) is 6.67 Å². The van der Waals surface area contributed by atoms with Gasteiger partial charge in [-0.25, -0.2) is 4.39 Å². The highest BCUT2D eigenvalue weighted by Crippen LogP contribution is 2.40. The summed E-state index contributed by atoms with van der Waals surface area (Å²) >= 11 is 0. The number of likely N-dealkylation sites (tertiary alicyclic amines) is 1. The number of allylic oxidation sites excluding steroid dienone is 2. The largest absolute Gasteiger partial charge is 0.489 e. The zero-order valence-electron chi connectivity index (χ0n) is 20.6.